The molecule has 1 saturated carbocycles. The van der Waals surface area contributed by atoms with Crippen molar-refractivity contribution >= 4 is 30.5 Å². The van der Waals surface area contributed by atoms with Crippen molar-refractivity contribution in [1.29, 1.82) is 0 Å². The summed E-state index contributed by atoms with van der Waals surface area (Å²) in [4.78, 5) is 23.1. The van der Waals surface area contributed by atoms with Crippen molar-refractivity contribution in [2.45, 2.75) is 62.0 Å². The molecular formula is C19H28ClN4O8P. The third-order valence-electron chi connectivity index (χ3n) is 6.00. The molecule has 2 fully saturated rings. The van der Waals surface area contributed by atoms with Gasteiger partial charge in [0.15, 0.2) is 11.7 Å². The number of rotatable bonds is 9. The van der Waals surface area contributed by atoms with Gasteiger partial charge in [0.25, 0.3) is 0 Å². The standard InChI is InChI=1S/C19H28ClN4O8P/c1-30-9-14(33(27,28)29)31-8-13-15(25)16(26)17(32-13)11-6-7-12-18(21-10-4-2-3-5-10)22-19(20)23-24(11)12/h6-7,10,13-17,25-26H,2-5,8-9H2,1H3,(H,21,22,23)(H2,27,28,29)/t13-,14+,15-,16-,17+/m1/s1. The zero-order chi connectivity index (χ0) is 23.8. The third-order valence-corrected chi connectivity index (χ3v) is 7.21. The molecule has 5 N–H and O–H groups in total. The summed E-state index contributed by atoms with van der Waals surface area (Å²) in [5, 5.41) is 28.8. The fourth-order valence-electron chi connectivity index (χ4n) is 4.30. The van der Waals surface area contributed by atoms with Crippen LogP contribution in [0.3, 0.4) is 0 Å². The van der Waals surface area contributed by atoms with E-state index in [0.717, 1.165) is 25.7 Å². The lowest BCUT2D eigenvalue weighted by atomic mass is 10.1. The molecule has 1 saturated heterocycles. The number of nitrogens with one attached hydrogen (secondary N) is 1. The Morgan fingerprint density at radius 1 is 1.30 bits per heavy atom. The van der Waals surface area contributed by atoms with Crippen LogP contribution in [0.5, 0.6) is 0 Å². The van der Waals surface area contributed by atoms with Crippen LogP contribution in [0, 0.1) is 0 Å². The van der Waals surface area contributed by atoms with Crippen molar-refractivity contribution in [3.8, 4) is 0 Å². The average Bonchev–Trinajstić information content (AvgIpc) is 3.46. The van der Waals surface area contributed by atoms with Gasteiger partial charge in [-0.1, -0.05) is 12.8 Å². The Bertz CT molecular complexity index is 1010. The van der Waals surface area contributed by atoms with Crippen LogP contribution in [0.2, 0.25) is 5.28 Å². The lowest BCUT2D eigenvalue weighted by Crippen LogP contribution is -2.35. The number of hydrogen-bond acceptors (Lipinski definition) is 9. The molecule has 12 nitrogen and oxygen atoms in total. The average molecular weight is 507 g/mol. The van der Waals surface area contributed by atoms with Crippen LogP contribution in [0.25, 0.3) is 5.52 Å². The molecule has 184 valence electrons. The zero-order valence-corrected chi connectivity index (χ0v) is 19.6. The summed E-state index contributed by atoms with van der Waals surface area (Å²) < 4.78 is 29.0. The molecule has 2 aromatic heterocycles. The summed E-state index contributed by atoms with van der Waals surface area (Å²) in [6.45, 7) is -0.698. The number of nitrogens with zero attached hydrogens (tertiary/aromatic N) is 3. The second-order valence-corrected chi connectivity index (χ2v) is 10.4. The Labute approximate surface area is 195 Å². The van der Waals surface area contributed by atoms with E-state index >= 15 is 0 Å². The Kier molecular flexibility index (Phi) is 7.59. The second kappa shape index (κ2) is 10.1. The highest BCUT2D eigenvalue weighted by atomic mass is 35.5. The molecule has 0 bridgehead atoms. The van der Waals surface area contributed by atoms with Gasteiger partial charge in [-0.15, -0.1) is 5.10 Å². The molecule has 0 radical (unpaired) electrons. The molecule has 5 atom stereocenters. The van der Waals surface area contributed by atoms with Gasteiger partial charge >= 0.3 is 7.60 Å². The molecule has 3 heterocycles. The first kappa shape index (κ1) is 24.8. The molecule has 0 amide bonds. The Hall–Kier alpha value is -1.34. The van der Waals surface area contributed by atoms with Crippen molar-refractivity contribution in [2.24, 2.45) is 0 Å². The number of ether oxygens (including phenoxy) is 3. The number of halogens is 1. The maximum absolute atomic E-state index is 11.6. The summed E-state index contributed by atoms with van der Waals surface area (Å²) in [5.74, 6) is -0.940. The fraction of sp³-hybridized carbons (Fsp3) is 0.684. The van der Waals surface area contributed by atoms with Gasteiger partial charge in [0.05, 0.1) is 18.9 Å². The van der Waals surface area contributed by atoms with E-state index in [1.165, 1.54) is 11.6 Å². The van der Waals surface area contributed by atoms with Crippen LogP contribution >= 0.6 is 19.2 Å². The Morgan fingerprint density at radius 3 is 2.70 bits per heavy atom. The highest BCUT2D eigenvalue weighted by Gasteiger charge is 2.45. The van der Waals surface area contributed by atoms with Gasteiger partial charge in [0.1, 0.15) is 29.9 Å². The number of fused-ring (bicyclic) bond motifs is 1. The fourth-order valence-corrected chi connectivity index (χ4v) is 5.08. The molecule has 0 aromatic carbocycles. The van der Waals surface area contributed by atoms with Crippen LogP contribution in [0.1, 0.15) is 37.5 Å². The first-order valence-corrected chi connectivity index (χ1v) is 12.7. The summed E-state index contributed by atoms with van der Waals surface area (Å²) >= 11 is 6.15. The van der Waals surface area contributed by atoms with Crippen molar-refractivity contribution in [3.05, 3.63) is 23.1 Å². The van der Waals surface area contributed by atoms with Gasteiger partial charge in [-0.25, -0.2) is 4.52 Å². The number of anilines is 1. The second-order valence-electron chi connectivity index (χ2n) is 8.32. The molecule has 1 aliphatic carbocycles. The van der Waals surface area contributed by atoms with E-state index in [9.17, 15) is 24.6 Å². The molecule has 14 heteroatoms. The summed E-state index contributed by atoms with van der Waals surface area (Å²) in [5.41, 5.74) is 1.09. The number of methoxy groups -OCH3 is 1. The van der Waals surface area contributed by atoms with E-state index in [-0.39, 0.29) is 18.5 Å². The number of hydrogen-bond donors (Lipinski definition) is 5. The minimum absolute atomic E-state index is 0.0115. The van der Waals surface area contributed by atoms with Crippen molar-refractivity contribution < 1.29 is 38.8 Å². The molecular weight excluding hydrogens is 479 g/mol. The molecule has 0 spiro atoms. The Morgan fingerprint density at radius 2 is 2.03 bits per heavy atom. The normalized spacial score (nSPS) is 27.5. The van der Waals surface area contributed by atoms with E-state index < -0.39 is 37.9 Å². The van der Waals surface area contributed by atoms with Gasteiger partial charge in [-0.05, 0) is 36.6 Å². The van der Waals surface area contributed by atoms with Crippen LogP contribution < -0.4 is 5.32 Å². The lowest BCUT2D eigenvalue weighted by molar-refractivity contribution is -0.0661. The Balaban J connectivity index is 1.53. The third kappa shape index (κ3) is 5.34. The number of aromatic nitrogens is 3. The van der Waals surface area contributed by atoms with Crippen LogP contribution in [0.15, 0.2) is 12.1 Å². The largest absolute Gasteiger partial charge is 0.387 e. The minimum Gasteiger partial charge on any atom is -0.387 e. The van der Waals surface area contributed by atoms with E-state index in [1.54, 1.807) is 12.1 Å². The maximum Gasteiger partial charge on any atom is 0.356 e. The number of aliphatic hydroxyl groups excluding tert-OH is 2. The smallest absolute Gasteiger partial charge is 0.356 e. The first-order chi connectivity index (χ1) is 15.7. The minimum atomic E-state index is -4.59. The zero-order valence-electron chi connectivity index (χ0n) is 18.0. The molecule has 0 unspecified atom stereocenters. The predicted octanol–water partition coefficient (Wildman–Crippen LogP) is 1.07. The van der Waals surface area contributed by atoms with E-state index in [2.05, 4.69) is 15.4 Å². The molecule has 1 aliphatic heterocycles. The van der Waals surface area contributed by atoms with Crippen molar-refractivity contribution in [2.75, 3.05) is 25.6 Å². The van der Waals surface area contributed by atoms with E-state index in [4.69, 9.17) is 25.8 Å². The lowest BCUT2D eigenvalue weighted by Gasteiger charge is -2.21. The van der Waals surface area contributed by atoms with Crippen LogP contribution in [0.4, 0.5) is 5.82 Å². The van der Waals surface area contributed by atoms with E-state index in [1.807, 2.05) is 0 Å². The molecule has 2 aliphatic rings. The van der Waals surface area contributed by atoms with Crippen molar-refractivity contribution in [3.63, 3.8) is 0 Å². The first-order valence-electron chi connectivity index (χ1n) is 10.7. The van der Waals surface area contributed by atoms with Crippen LogP contribution in [-0.2, 0) is 18.8 Å². The van der Waals surface area contributed by atoms with Gasteiger partial charge in [-0.2, -0.15) is 4.98 Å². The van der Waals surface area contributed by atoms with Crippen molar-refractivity contribution in [1.82, 2.24) is 14.6 Å². The predicted molar refractivity (Wildman–Crippen MR) is 117 cm³/mol. The highest BCUT2D eigenvalue weighted by molar-refractivity contribution is 7.52. The quantitative estimate of drug-likeness (QED) is 0.308. The molecule has 2 aromatic rings. The summed E-state index contributed by atoms with van der Waals surface area (Å²) in [6.07, 6.45) is -0.309. The van der Waals surface area contributed by atoms with Gasteiger partial charge in [-0.3, -0.25) is 4.57 Å². The van der Waals surface area contributed by atoms with Gasteiger partial charge in [0, 0.05) is 13.2 Å². The maximum atomic E-state index is 11.6. The van der Waals surface area contributed by atoms with Crippen LogP contribution in [-0.4, -0.2) is 85.1 Å². The molecule has 4 rings (SSSR count). The summed E-state index contributed by atoms with van der Waals surface area (Å²) in [7, 11) is -3.31. The van der Waals surface area contributed by atoms with Gasteiger partial charge in [0.2, 0.25) is 5.28 Å². The topological polar surface area (TPSA) is 168 Å². The monoisotopic (exact) mass is 506 g/mol. The van der Waals surface area contributed by atoms with Gasteiger partial charge < -0.3 is 39.5 Å². The SMILES string of the molecule is COC[C@@H](OC[C@H]1O[C@@H](c2ccc3c(NC4CCCC4)nc(Cl)nn23)[C@H](O)[C@@H]1O)P(=O)(O)O. The van der Waals surface area contributed by atoms with E-state index in [0.29, 0.717) is 23.1 Å². The number of aliphatic hydroxyl groups is 2. The summed E-state index contributed by atoms with van der Waals surface area (Å²) in [6, 6.07) is 3.77. The highest BCUT2D eigenvalue weighted by Crippen LogP contribution is 2.43. The molecule has 33 heavy (non-hydrogen) atoms.